The van der Waals surface area contributed by atoms with Crippen LogP contribution in [0.3, 0.4) is 0 Å². The molecule has 33 heavy (non-hydrogen) atoms. The van der Waals surface area contributed by atoms with Gasteiger partial charge >= 0.3 is 0 Å². The summed E-state index contributed by atoms with van der Waals surface area (Å²) in [4.78, 5) is 13.2. The number of ether oxygens (including phenoxy) is 1. The highest BCUT2D eigenvalue weighted by Crippen LogP contribution is 2.34. The van der Waals surface area contributed by atoms with Gasteiger partial charge in [-0.05, 0) is 52.6 Å². The van der Waals surface area contributed by atoms with E-state index in [4.69, 9.17) is 27.9 Å². The van der Waals surface area contributed by atoms with Crippen LogP contribution in [-0.2, 0) is 13.0 Å². The van der Waals surface area contributed by atoms with Crippen molar-refractivity contribution < 1.29 is 9.53 Å². The first kappa shape index (κ1) is 21.5. The highest BCUT2D eigenvalue weighted by Gasteiger charge is 2.24. The Labute approximate surface area is 201 Å². The van der Waals surface area contributed by atoms with E-state index < -0.39 is 6.04 Å². The fraction of sp³-hybridized carbons (Fsp3) is 0.160. The van der Waals surface area contributed by atoms with Crippen LogP contribution in [0.2, 0.25) is 10.0 Å². The summed E-state index contributed by atoms with van der Waals surface area (Å²) in [6, 6.07) is 20.5. The van der Waals surface area contributed by atoms with E-state index in [2.05, 4.69) is 15.6 Å². The normalized spacial score (nSPS) is 13.3. The predicted molar refractivity (Wildman–Crippen MR) is 127 cm³/mol. The first-order valence-corrected chi connectivity index (χ1v) is 11.3. The molecule has 5 rings (SSSR count). The molecule has 1 aliphatic heterocycles. The number of aromatic nitrogens is 3. The number of nitrogens with zero attached hydrogens (tertiary/aromatic N) is 3. The molecular weight excluding hydrogens is 459 g/mol. The molecule has 0 spiro atoms. The number of rotatable bonds is 6. The van der Waals surface area contributed by atoms with Crippen LogP contribution >= 0.6 is 23.2 Å². The van der Waals surface area contributed by atoms with Gasteiger partial charge in [0.25, 0.3) is 5.91 Å². The molecule has 0 aliphatic carbocycles. The molecule has 1 N–H and O–H groups in total. The van der Waals surface area contributed by atoms with Crippen molar-refractivity contribution in [3.63, 3.8) is 0 Å². The van der Waals surface area contributed by atoms with Gasteiger partial charge in [0.15, 0.2) is 5.69 Å². The molecule has 166 valence electrons. The quantitative estimate of drug-likeness (QED) is 0.419. The molecule has 0 bridgehead atoms. The topological polar surface area (TPSA) is 69.0 Å². The Bertz CT molecular complexity index is 1310. The second kappa shape index (κ2) is 9.25. The maximum atomic E-state index is 13.2. The van der Waals surface area contributed by atoms with Crippen LogP contribution in [0, 0.1) is 0 Å². The summed E-state index contributed by atoms with van der Waals surface area (Å²) >= 11 is 12.8. The fourth-order valence-corrected chi connectivity index (χ4v) is 4.32. The number of hydrogen-bond donors (Lipinski definition) is 1. The minimum absolute atomic E-state index is 0.221. The van der Waals surface area contributed by atoms with Crippen molar-refractivity contribution in [2.45, 2.75) is 19.0 Å². The Hall–Kier alpha value is -3.35. The van der Waals surface area contributed by atoms with Gasteiger partial charge < -0.3 is 10.1 Å². The number of hydrogen-bond acceptors (Lipinski definition) is 4. The maximum Gasteiger partial charge on any atom is 0.274 e. The second-order valence-electron chi connectivity index (χ2n) is 7.82. The van der Waals surface area contributed by atoms with E-state index in [-0.39, 0.29) is 11.6 Å². The van der Waals surface area contributed by atoms with Gasteiger partial charge in [-0.3, -0.25) is 4.79 Å². The number of amides is 1. The predicted octanol–water partition coefficient (Wildman–Crippen LogP) is 5.09. The van der Waals surface area contributed by atoms with Crippen LogP contribution in [0.25, 0.3) is 0 Å². The Morgan fingerprint density at radius 2 is 1.94 bits per heavy atom. The molecule has 0 fully saturated rings. The second-order valence-corrected chi connectivity index (χ2v) is 8.67. The van der Waals surface area contributed by atoms with Gasteiger partial charge in [-0.1, -0.05) is 64.8 Å². The van der Waals surface area contributed by atoms with Gasteiger partial charge in [0.1, 0.15) is 5.75 Å². The third kappa shape index (κ3) is 4.72. The summed E-state index contributed by atoms with van der Waals surface area (Å²) in [5, 5.41) is 12.3. The van der Waals surface area contributed by atoms with E-state index in [1.807, 2.05) is 48.5 Å². The Morgan fingerprint density at radius 3 is 2.79 bits per heavy atom. The summed E-state index contributed by atoms with van der Waals surface area (Å²) in [5.74, 6) is 0.511. The van der Waals surface area contributed by atoms with Crippen LogP contribution in [0.4, 0.5) is 0 Å². The number of fused-ring (bicyclic) bond motifs is 1. The van der Waals surface area contributed by atoms with Crippen molar-refractivity contribution in [3.05, 3.63) is 111 Å². The van der Waals surface area contributed by atoms with Crippen molar-refractivity contribution >= 4 is 29.1 Å². The lowest BCUT2D eigenvalue weighted by Gasteiger charge is -2.21. The Balaban J connectivity index is 1.44. The molecule has 1 atom stereocenters. The molecule has 0 radical (unpaired) electrons. The van der Waals surface area contributed by atoms with Gasteiger partial charge in [0, 0.05) is 16.5 Å². The van der Waals surface area contributed by atoms with Crippen LogP contribution in [0.5, 0.6) is 5.75 Å². The van der Waals surface area contributed by atoms with E-state index in [9.17, 15) is 4.79 Å². The number of halogens is 2. The fourth-order valence-electron chi connectivity index (χ4n) is 3.92. The van der Waals surface area contributed by atoms with Gasteiger partial charge in [-0.25, -0.2) is 4.68 Å². The third-order valence-electron chi connectivity index (χ3n) is 5.55. The van der Waals surface area contributed by atoms with Crippen molar-refractivity contribution in [1.29, 1.82) is 0 Å². The lowest BCUT2D eigenvalue weighted by molar-refractivity contribution is 0.0938. The molecule has 0 saturated carbocycles. The summed E-state index contributed by atoms with van der Waals surface area (Å²) in [5.41, 5.74) is 3.97. The highest BCUT2D eigenvalue weighted by atomic mass is 35.5. The SMILES string of the molecule is O=C(NC(c1ccc2c(c1)CCO2)c1cc(Cl)ccc1Cl)c1cn(Cc2ccccc2)nn1. The molecule has 1 amide bonds. The van der Waals surface area contributed by atoms with E-state index in [1.165, 1.54) is 0 Å². The van der Waals surface area contributed by atoms with Gasteiger partial charge in [0.2, 0.25) is 0 Å². The summed E-state index contributed by atoms with van der Waals surface area (Å²) in [6.45, 7) is 1.17. The third-order valence-corrected chi connectivity index (χ3v) is 6.13. The smallest absolute Gasteiger partial charge is 0.274 e. The zero-order chi connectivity index (χ0) is 22.8. The first-order chi connectivity index (χ1) is 16.1. The van der Waals surface area contributed by atoms with Crippen molar-refractivity contribution in [3.8, 4) is 5.75 Å². The van der Waals surface area contributed by atoms with Gasteiger partial charge in [-0.15, -0.1) is 5.10 Å². The first-order valence-electron chi connectivity index (χ1n) is 10.5. The molecule has 1 unspecified atom stereocenters. The molecule has 1 aromatic heterocycles. The maximum absolute atomic E-state index is 13.2. The average Bonchev–Trinajstić information content (AvgIpc) is 3.49. The van der Waals surface area contributed by atoms with Gasteiger partial charge in [0.05, 0.1) is 25.4 Å². The largest absolute Gasteiger partial charge is 0.493 e. The number of carbonyl (C=O) groups is 1. The monoisotopic (exact) mass is 478 g/mol. The average molecular weight is 479 g/mol. The summed E-state index contributed by atoms with van der Waals surface area (Å²) < 4.78 is 7.27. The standard InChI is InChI=1S/C25H20Cl2N4O2/c26-19-7-8-21(27)20(13-19)24(18-6-9-23-17(12-18)10-11-33-23)28-25(32)22-15-31(30-29-22)14-16-4-2-1-3-5-16/h1-9,12-13,15,24H,10-11,14H2,(H,28,32). The van der Waals surface area contributed by atoms with E-state index in [0.717, 1.165) is 28.9 Å². The van der Waals surface area contributed by atoms with Crippen LogP contribution in [-0.4, -0.2) is 27.5 Å². The number of nitrogens with one attached hydrogen (secondary N) is 1. The van der Waals surface area contributed by atoms with Crippen LogP contribution in [0.15, 0.2) is 72.9 Å². The minimum Gasteiger partial charge on any atom is -0.493 e. The van der Waals surface area contributed by atoms with Gasteiger partial charge in [-0.2, -0.15) is 0 Å². The molecule has 4 aromatic rings. The summed E-state index contributed by atoms with van der Waals surface area (Å²) in [6.07, 6.45) is 2.45. The highest BCUT2D eigenvalue weighted by molar-refractivity contribution is 6.33. The van der Waals surface area contributed by atoms with Crippen molar-refractivity contribution in [2.75, 3.05) is 6.61 Å². The number of benzene rings is 3. The molecule has 1 aliphatic rings. The zero-order valence-electron chi connectivity index (χ0n) is 17.5. The molecule has 3 aromatic carbocycles. The van der Waals surface area contributed by atoms with Crippen molar-refractivity contribution in [1.82, 2.24) is 20.3 Å². The summed E-state index contributed by atoms with van der Waals surface area (Å²) in [7, 11) is 0. The lowest BCUT2D eigenvalue weighted by Crippen LogP contribution is -2.30. The molecule has 2 heterocycles. The molecule has 0 saturated heterocycles. The molecule has 6 nitrogen and oxygen atoms in total. The van der Waals surface area contributed by atoms with E-state index in [1.54, 1.807) is 29.1 Å². The number of carbonyl (C=O) groups excluding carboxylic acids is 1. The molecule has 8 heteroatoms. The molecular formula is C25H20Cl2N4O2. The Morgan fingerprint density at radius 1 is 1.09 bits per heavy atom. The zero-order valence-corrected chi connectivity index (χ0v) is 19.1. The van der Waals surface area contributed by atoms with E-state index in [0.29, 0.717) is 28.8 Å². The Kier molecular flexibility index (Phi) is 6.03. The van der Waals surface area contributed by atoms with E-state index >= 15 is 0 Å². The van der Waals surface area contributed by atoms with Crippen LogP contribution < -0.4 is 10.1 Å². The van der Waals surface area contributed by atoms with Crippen LogP contribution in [0.1, 0.15) is 38.8 Å². The lowest BCUT2D eigenvalue weighted by atomic mass is 9.96. The van der Waals surface area contributed by atoms with Crippen molar-refractivity contribution in [2.24, 2.45) is 0 Å². The minimum atomic E-state index is -0.520.